The average molecular weight is 272 g/mol. The van der Waals surface area contributed by atoms with Crippen molar-refractivity contribution >= 4 is 5.91 Å². The molecule has 7 heteroatoms. The first-order valence-electron chi connectivity index (χ1n) is 6.45. The zero-order chi connectivity index (χ0) is 14.1. The quantitative estimate of drug-likeness (QED) is 0.855. The van der Waals surface area contributed by atoms with E-state index in [9.17, 15) is 4.79 Å². The number of aromatic nitrogens is 4. The molecule has 1 fully saturated rings. The van der Waals surface area contributed by atoms with Gasteiger partial charge in [-0.2, -0.15) is 5.10 Å². The predicted octanol–water partition coefficient (Wildman–Crippen LogP) is 0.137. The van der Waals surface area contributed by atoms with Crippen LogP contribution in [0.1, 0.15) is 27.8 Å². The van der Waals surface area contributed by atoms with Gasteiger partial charge in [0.2, 0.25) is 0 Å². The van der Waals surface area contributed by atoms with Crippen molar-refractivity contribution in [3.63, 3.8) is 0 Å². The number of rotatable bonds is 4. The first-order valence-corrected chi connectivity index (χ1v) is 6.45. The van der Waals surface area contributed by atoms with E-state index >= 15 is 0 Å². The number of primary amides is 1. The normalized spacial score (nSPS) is 16.1. The lowest BCUT2D eigenvalue weighted by Gasteiger charge is -2.38. The van der Waals surface area contributed by atoms with Crippen LogP contribution in [0.2, 0.25) is 0 Å². The molecule has 0 aromatic carbocycles. The molecular formula is C13H16N6O. The van der Waals surface area contributed by atoms with Gasteiger partial charge in [0.05, 0.1) is 29.2 Å². The number of carbonyl (C=O) groups is 1. The number of amides is 1. The minimum Gasteiger partial charge on any atom is -0.366 e. The Morgan fingerprint density at radius 1 is 1.40 bits per heavy atom. The second-order valence-electron chi connectivity index (χ2n) is 5.07. The minimum absolute atomic E-state index is 0.292. The summed E-state index contributed by atoms with van der Waals surface area (Å²) in [4.78, 5) is 21.9. The Balaban J connectivity index is 1.57. The van der Waals surface area contributed by atoms with Crippen molar-refractivity contribution in [1.82, 2.24) is 24.6 Å². The summed E-state index contributed by atoms with van der Waals surface area (Å²) in [6.45, 7) is 4.49. The summed E-state index contributed by atoms with van der Waals surface area (Å²) in [5.41, 5.74) is 7.57. The first-order chi connectivity index (χ1) is 9.61. The summed E-state index contributed by atoms with van der Waals surface area (Å²) < 4.78 is 1.80. The second-order valence-corrected chi connectivity index (χ2v) is 5.07. The summed E-state index contributed by atoms with van der Waals surface area (Å²) in [6.07, 6.45) is 6.75. The van der Waals surface area contributed by atoms with Gasteiger partial charge >= 0.3 is 0 Å². The van der Waals surface area contributed by atoms with E-state index in [1.807, 2.05) is 6.92 Å². The Bertz CT molecular complexity index is 631. The highest BCUT2D eigenvalue weighted by Crippen LogP contribution is 2.22. The topological polar surface area (TPSA) is 89.9 Å². The molecule has 0 bridgehead atoms. The van der Waals surface area contributed by atoms with Crippen molar-refractivity contribution in [2.24, 2.45) is 5.73 Å². The van der Waals surface area contributed by atoms with Gasteiger partial charge in [-0.25, -0.2) is 0 Å². The highest BCUT2D eigenvalue weighted by molar-refractivity contribution is 5.92. The zero-order valence-corrected chi connectivity index (χ0v) is 11.2. The molecule has 1 aliphatic rings. The fraction of sp³-hybridized carbons (Fsp3) is 0.385. The number of nitrogens with two attached hydrogens (primary N) is 1. The maximum atomic E-state index is 11.0. The predicted molar refractivity (Wildman–Crippen MR) is 71.8 cm³/mol. The molecule has 3 heterocycles. The zero-order valence-electron chi connectivity index (χ0n) is 11.2. The van der Waals surface area contributed by atoms with Crippen molar-refractivity contribution in [2.45, 2.75) is 19.5 Å². The molecule has 0 unspecified atom stereocenters. The molecule has 2 aromatic heterocycles. The van der Waals surface area contributed by atoms with E-state index in [4.69, 9.17) is 5.73 Å². The van der Waals surface area contributed by atoms with Crippen LogP contribution in [0.15, 0.2) is 24.8 Å². The van der Waals surface area contributed by atoms with E-state index in [1.165, 1.54) is 6.20 Å². The Morgan fingerprint density at radius 2 is 2.20 bits per heavy atom. The van der Waals surface area contributed by atoms with Crippen LogP contribution < -0.4 is 5.73 Å². The van der Waals surface area contributed by atoms with Gasteiger partial charge in [0, 0.05) is 38.2 Å². The van der Waals surface area contributed by atoms with E-state index in [0.29, 0.717) is 11.6 Å². The molecule has 2 N–H and O–H groups in total. The van der Waals surface area contributed by atoms with Crippen LogP contribution in [0.5, 0.6) is 0 Å². The number of aryl methyl sites for hydroxylation is 1. The van der Waals surface area contributed by atoms with Crippen LogP contribution in [-0.2, 0) is 6.54 Å². The standard InChI is InChI=1S/C13H16N6O/c1-9-2-15-4-11(17-9)6-18-7-12(8-18)19-5-10(3-16-19)13(14)20/h2-5,12H,6-8H2,1H3,(H2,14,20). The lowest BCUT2D eigenvalue weighted by Crippen LogP contribution is -2.47. The van der Waals surface area contributed by atoms with Crippen LogP contribution in [0, 0.1) is 6.92 Å². The second kappa shape index (κ2) is 5.01. The molecule has 0 radical (unpaired) electrons. The van der Waals surface area contributed by atoms with E-state index in [0.717, 1.165) is 31.0 Å². The Morgan fingerprint density at radius 3 is 2.85 bits per heavy atom. The molecule has 1 amide bonds. The molecule has 1 aliphatic heterocycles. The van der Waals surface area contributed by atoms with Gasteiger partial charge in [-0.1, -0.05) is 0 Å². The Hall–Kier alpha value is -2.28. The maximum Gasteiger partial charge on any atom is 0.251 e. The van der Waals surface area contributed by atoms with Crippen molar-refractivity contribution in [3.05, 3.63) is 41.7 Å². The molecule has 0 aliphatic carbocycles. The molecule has 104 valence electrons. The SMILES string of the molecule is Cc1cncc(CN2CC(n3cc(C(N)=O)cn3)C2)n1. The first kappa shape index (κ1) is 12.7. The molecule has 0 spiro atoms. The van der Waals surface area contributed by atoms with Gasteiger partial charge in [-0.3, -0.25) is 24.3 Å². The van der Waals surface area contributed by atoms with Gasteiger partial charge in [0.15, 0.2) is 0 Å². The van der Waals surface area contributed by atoms with Crippen LogP contribution in [0.25, 0.3) is 0 Å². The van der Waals surface area contributed by atoms with Gasteiger partial charge < -0.3 is 5.73 Å². The van der Waals surface area contributed by atoms with E-state index < -0.39 is 5.91 Å². The monoisotopic (exact) mass is 272 g/mol. The van der Waals surface area contributed by atoms with Gasteiger partial charge in [-0.05, 0) is 6.92 Å². The highest BCUT2D eigenvalue weighted by Gasteiger charge is 2.29. The maximum absolute atomic E-state index is 11.0. The summed E-state index contributed by atoms with van der Waals surface area (Å²) in [5.74, 6) is -0.442. The smallest absolute Gasteiger partial charge is 0.251 e. The number of hydrogen-bond donors (Lipinski definition) is 1. The summed E-state index contributed by atoms with van der Waals surface area (Å²) in [7, 11) is 0. The molecule has 7 nitrogen and oxygen atoms in total. The number of hydrogen-bond acceptors (Lipinski definition) is 5. The molecule has 1 saturated heterocycles. The van der Waals surface area contributed by atoms with E-state index in [-0.39, 0.29) is 0 Å². The van der Waals surface area contributed by atoms with Crippen LogP contribution >= 0.6 is 0 Å². The Kier molecular flexibility index (Phi) is 3.19. The lowest BCUT2D eigenvalue weighted by molar-refractivity contribution is 0.0891. The number of nitrogens with zero attached hydrogens (tertiary/aromatic N) is 5. The van der Waals surface area contributed by atoms with Gasteiger partial charge in [0.25, 0.3) is 5.91 Å². The summed E-state index contributed by atoms with van der Waals surface area (Å²) in [6, 6.07) is 0.292. The minimum atomic E-state index is -0.442. The lowest BCUT2D eigenvalue weighted by atomic mass is 10.1. The highest BCUT2D eigenvalue weighted by atomic mass is 16.1. The van der Waals surface area contributed by atoms with Gasteiger partial charge in [-0.15, -0.1) is 0 Å². The van der Waals surface area contributed by atoms with Crippen LogP contribution in [0.3, 0.4) is 0 Å². The third-order valence-corrected chi connectivity index (χ3v) is 3.39. The van der Waals surface area contributed by atoms with E-state index in [2.05, 4.69) is 20.0 Å². The molecule has 3 rings (SSSR count). The summed E-state index contributed by atoms with van der Waals surface area (Å²) >= 11 is 0. The Labute approximate surface area is 116 Å². The molecule has 20 heavy (non-hydrogen) atoms. The molecule has 2 aromatic rings. The van der Waals surface area contributed by atoms with E-state index in [1.54, 1.807) is 23.3 Å². The van der Waals surface area contributed by atoms with Crippen molar-refractivity contribution in [3.8, 4) is 0 Å². The van der Waals surface area contributed by atoms with Crippen molar-refractivity contribution in [1.29, 1.82) is 0 Å². The fourth-order valence-corrected chi connectivity index (χ4v) is 2.32. The van der Waals surface area contributed by atoms with Crippen LogP contribution in [0.4, 0.5) is 0 Å². The fourth-order valence-electron chi connectivity index (χ4n) is 2.32. The number of carbonyl (C=O) groups excluding carboxylic acids is 1. The largest absolute Gasteiger partial charge is 0.366 e. The number of likely N-dealkylation sites (tertiary alicyclic amines) is 1. The summed E-state index contributed by atoms with van der Waals surface area (Å²) in [5, 5.41) is 4.18. The van der Waals surface area contributed by atoms with Crippen LogP contribution in [-0.4, -0.2) is 43.6 Å². The van der Waals surface area contributed by atoms with Gasteiger partial charge in [0.1, 0.15) is 0 Å². The van der Waals surface area contributed by atoms with Crippen molar-refractivity contribution in [2.75, 3.05) is 13.1 Å². The van der Waals surface area contributed by atoms with Crippen molar-refractivity contribution < 1.29 is 4.79 Å². The molecule has 0 saturated carbocycles. The molecule has 0 atom stereocenters. The third-order valence-electron chi connectivity index (χ3n) is 3.39. The third kappa shape index (κ3) is 2.53. The molecular weight excluding hydrogens is 256 g/mol. The average Bonchev–Trinajstić information content (AvgIpc) is 2.82.